The second kappa shape index (κ2) is 11.1. The third-order valence-electron chi connectivity index (χ3n) is 6.35. The van der Waals surface area contributed by atoms with Gasteiger partial charge >= 0.3 is 0 Å². The number of rotatable bonds is 6. The van der Waals surface area contributed by atoms with Crippen LogP contribution in [0.4, 0.5) is 0 Å². The number of amidine groups is 1. The molecule has 0 aliphatic carbocycles. The number of nitrogens with zero attached hydrogens (tertiary/aromatic N) is 4. The molecule has 36 heavy (non-hydrogen) atoms. The van der Waals surface area contributed by atoms with Crippen molar-refractivity contribution in [2.24, 2.45) is 4.99 Å². The number of benzene rings is 1. The van der Waals surface area contributed by atoms with Gasteiger partial charge in [0.15, 0.2) is 5.84 Å². The number of halogens is 1. The summed E-state index contributed by atoms with van der Waals surface area (Å²) in [6, 6.07) is 12.7. The molecule has 2 aromatic rings. The van der Waals surface area contributed by atoms with Gasteiger partial charge in [0.1, 0.15) is 5.69 Å². The van der Waals surface area contributed by atoms with Crippen LogP contribution in [0.2, 0.25) is 5.02 Å². The Labute approximate surface area is 215 Å². The number of carbonyl (C=O) groups excluding carboxylic acids is 2. The quantitative estimate of drug-likeness (QED) is 0.640. The minimum Gasteiger partial charge on any atom is -0.481 e. The molecule has 2 aliphatic rings. The van der Waals surface area contributed by atoms with E-state index in [1.807, 2.05) is 37.4 Å². The summed E-state index contributed by atoms with van der Waals surface area (Å²) in [4.78, 5) is 39.0. The van der Waals surface area contributed by atoms with Crippen molar-refractivity contribution in [3.05, 3.63) is 64.9 Å². The number of pyridine rings is 1. The van der Waals surface area contributed by atoms with Gasteiger partial charge in [-0.2, -0.15) is 0 Å². The van der Waals surface area contributed by atoms with Crippen LogP contribution in [0.25, 0.3) is 5.57 Å². The van der Waals surface area contributed by atoms with Crippen LogP contribution in [0.1, 0.15) is 29.4 Å². The number of amides is 2. The average Bonchev–Trinajstić information content (AvgIpc) is 3.14. The first-order valence-electron chi connectivity index (χ1n) is 11.7. The van der Waals surface area contributed by atoms with Crippen LogP contribution in [0.15, 0.2) is 53.7 Å². The van der Waals surface area contributed by atoms with Gasteiger partial charge in [0.05, 0.1) is 19.3 Å². The predicted octanol–water partition coefficient (Wildman–Crippen LogP) is 2.87. The Morgan fingerprint density at radius 2 is 1.94 bits per heavy atom. The minimum absolute atomic E-state index is 0.220. The summed E-state index contributed by atoms with van der Waals surface area (Å²) in [5.41, 5.74) is 1.54. The Balaban J connectivity index is 1.51. The normalized spacial score (nSPS) is 20.1. The molecule has 0 bridgehead atoms. The highest BCUT2D eigenvalue weighted by molar-refractivity contribution is 6.38. The summed E-state index contributed by atoms with van der Waals surface area (Å²) >= 11 is 6.15. The molecule has 1 unspecified atom stereocenters. The van der Waals surface area contributed by atoms with Crippen molar-refractivity contribution >= 4 is 34.8 Å². The molecule has 0 radical (unpaired) electrons. The monoisotopic (exact) mass is 511 g/mol. The van der Waals surface area contributed by atoms with Gasteiger partial charge in [-0.3, -0.25) is 14.6 Å². The number of piperazine rings is 1. The van der Waals surface area contributed by atoms with Crippen LogP contribution < -0.4 is 10.1 Å². The van der Waals surface area contributed by atoms with Crippen LogP contribution in [0, 0.1) is 0 Å². The fraction of sp³-hybridized carbons (Fsp3) is 0.385. The fourth-order valence-electron chi connectivity index (χ4n) is 4.56. The van der Waals surface area contributed by atoms with Crippen molar-refractivity contribution < 1.29 is 19.1 Å². The molecule has 9 nitrogen and oxygen atoms in total. The van der Waals surface area contributed by atoms with Gasteiger partial charge in [-0.15, -0.1) is 0 Å². The summed E-state index contributed by atoms with van der Waals surface area (Å²) in [5, 5.41) is 3.76. The van der Waals surface area contributed by atoms with E-state index in [0.29, 0.717) is 49.2 Å². The highest BCUT2D eigenvalue weighted by Gasteiger charge is 2.43. The third-order valence-corrected chi connectivity index (χ3v) is 6.58. The van der Waals surface area contributed by atoms with Crippen molar-refractivity contribution in [3.8, 4) is 5.88 Å². The van der Waals surface area contributed by atoms with E-state index in [4.69, 9.17) is 21.1 Å². The number of methoxy groups -OCH3 is 2. The maximum absolute atomic E-state index is 13.6. The summed E-state index contributed by atoms with van der Waals surface area (Å²) < 4.78 is 10.6. The van der Waals surface area contributed by atoms with Crippen molar-refractivity contribution in [3.63, 3.8) is 0 Å². The molecule has 1 aromatic heterocycles. The van der Waals surface area contributed by atoms with Gasteiger partial charge in [-0.25, -0.2) is 4.98 Å². The number of carbonyl (C=O) groups is 2. The number of hydrogen-bond donors (Lipinski definition) is 1. The molecule has 3 heterocycles. The van der Waals surface area contributed by atoms with Crippen molar-refractivity contribution in [1.29, 1.82) is 0 Å². The van der Waals surface area contributed by atoms with Crippen LogP contribution >= 0.6 is 11.6 Å². The van der Waals surface area contributed by atoms with E-state index in [0.717, 1.165) is 11.1 Å². The molecule has 0 saturated carbocycles. The Morgan fingerprint density at radius 1 is 1.14 bits per heavy atom. The van der Waals surface area contributed by atoms with Crippen LogP contribution in [0.3, 0.4) is 0 Å². The van der Waals surface area contributed by atoms with Crippen molar-refractivity contribution in [2.45, 2.75) is 18.9 Å². The maximum Gasteiger partial charge on any atom is 0.289 e. The summed E-state index contributed by atoms with van der Waals surface area (Å²) in [6.07, 6.45) is 2.49. The highest BCUT2D eigenvalue weighted by Crippen LogP contribution is 2.26. The Bertz CT molecular complexity index is 1200. The maximum atomic E-state index is 13.6. The molecule has 190 valence electrons. The van der Waals surface area contributed by atoms with Crippen LogP contribution in [-0.4, -0.2) is 85.0 Å². The summed E-state index contributed by atoms with van der Waals surface area (Å²) in [6.45, 7) is 3.62. The Hall–Kier alpha value is -3.43. The fourth-order valence-corrected chi connectivity index (χ4v) is 4.76. The summed E-state index contributed by atoms with van der Waals surface area (Å²) in [7, 11) is 3.09. The zero-order valence-corrected chi connectivity index (χ0v) is 21.4. The van der Waals surface area contributed by atoms with Gasteiger partial charge in [-0.05, 0) is 42.7 Å². The molecule has 1 atom stereocenters. The van der Waals surface area contributed by atoms with Crippen LogP contribution in [-0.2, 0) is 9.53 Å². The number of aromatic nitrogens is 1. The van der Waals surface area contributed by atoms with E-state index in [-0.39, 0.29) is 24.3 Å². The van der Waals surface area contributed by atoms with Gasteiger partial charge in [0.25, 0.3) is 11.8 Å². The molecule has 1 aromatic carbocycles. The summed E-state index contributed by atoms with van der Waals surface area (Å²) in [5.74, 6) is 0.188. The lowest BCUT2D eigenvalue weighted by Gasteiger charge is -2.48. The smallest absolute Gasteiger partial charge is 0.289 e. The van der Waals surface area contributed by atoms with Gasteiger partial charge in [0.2, 0.25) is 5.88 Å². The van der Waals surface area contributed by atoms with E-state index in [2.05, 4.69) is 15.3 Å². The van der Waals surface area contributed by atoms with Gasteiger partial charge in [0, 0.05) is 50.6 Å². The molecule has 1 N–H and O–H groups in total. The molecule has 1 saturated heterocycles. The second-order valence-electron chi connectivity index (χ2n) is 8.98. The second-order valence-corrected chi connectivity index (χ2v) is 9.42. The first-order chi connectivity index (χ1) is 17.3. The van der Waals surface area contributed by atoms with Crippen LogP contribution in [0.5, 0.6) is 5.88 Å². The topological polar surface area (TPSA) is 96.4 Å². The number of aliphatic imine (C=N–C) groups is 1. The molecule has 4 rings (SSSR count). The van der Waals surface area contributed by atoms with Crippen molar-refractivity contribution in [2.75, 3.05) is 47.0 Å². The first-order valence-corrected chi connectivity index (χ1v) is 12.1. The number of hydrogen-bond acceptors (Lipinski definition) is 7. The van der Waals surface area contributed by atoms with Gasteiger partial charge in [-0.1, -0.05) is 29.8 Å². The zero-order chi connectivity index (χ0) is 25.7. The number of ether oxygens (including phenoxy) is 2. The van der Waals surface area contributed by atoms with Crippen molar-refractivity contribution in [1.82, 2.24) is 20.1 Å². The molecule has 10 heteroatoms. The highest BCUT2D eigenvalue weighted by atomic mass is 35.5. The molecule has 0 spiro atoms. The zero-order valence-electron chi connectivity index (χ0n) is 20.7. The SMILES string of the molecule is COCC1(C)CN(C(=O)c2cccc(OC)n2)CCN1C(=O)C1=NCCC(c2cccc(Cl)c2)=CN1. The van der Waals surface area contributed by atoms with E-state index in [9.17, 15) is 9.59 Å². The molecular weight excluding hydrogens is 482 g/mol. The van der Waals surface area contributed by atoms with E-state index >= 15 is 0 Å². The standard InChI is InChI=1S/C26H30ClN5O4/c1-26(17-35-2)16-31(24(33)21-8-5-9-22(30-21)36-3)12-13-32(26)25(34)23-28-11-10-19(15-29-23)18-6-4-7-20(27)14-18/h4-9,14-15H,10-13,16-17H2,1-3H3,(H,28,29). The lowest BCUT2D eigenvalue weighted by Crippen LogP contribution is -2.67. The number of nitrogens with one attached hydrogen (secondary N) is 1. The molecular formula is C26H30ClN5O4. The largest absolute Gasteiger partial charge is 0.481 e. The molecule has 1 fully saturated rings. The molecule has 2 aliphatic heterocycles. The van der Waals surface area contributed by atoms with E-state index in [1.165, 1.54) is 7.11 Å². The predicted molar refractivity (Wildman–Crippen MR) is 138 cm³/mol. The van der Waals surface area contributed by atoms with Gasteiger partial charge < -0.3 is 24.6 Å². The van der Waals surface area contributed by atoms with E-state index in [1.54, 1.807) is 35.1 Å². The Kier molecular flexibility index (Phi) is 7.91. The minimum atomic E-state index is -0.755. The average molecular weight is 512 g/mol. The molecule has 2 amide bonds. The first kappa shape index (κ1) is 25.7. The van der Waals surface area contributed by atoms with E-state index < -0.39 is 5.54 Å². The lowest BCUT2D eigenvalue weighted by molar-refractivity contribution is -0.136. The lowest BCUT2D eigenvalue weighted by atomic mass is 9.96. The Morgan fingerprint density at radius 3 is 2.69 bits per heavy atom. The third kappa shape index (κ3) is 5.52.